The highest BCUT2D eigenvalue weighted by molar-refractivity contribution is 6.12. The fraction of sp³-hybridized carbons (Fsp3) is 0.150. The van der Waals surface area contributed by atoms with Crippen LogP contribution in [0, 0.1) is 13.8 Å². The summed E-state index contributed by atoms with van der Waals surface area (Å²) in [6, 6.07) is 14.7. The maximum atomic E-state index is 5.26. The van der Waals surface area contributed by atoms with Crippen LogP contribution in [0.3, 0.4) is 0 Å². The van der Waals surface area contributed by atoms with E-state index < -0.39 is 0 Å². The first kappa shape index (κ1) is 13.8. The Hall–Kier alpha value is -2.81. The van der Waals surface area contributed by atoms with E-state index in [0.29, 0.717) is 0 Å². The van der Waals surface area contributed by atoms with Crippen molar-refractivity contribution in [2.75, 3.05) is 7.11 Å². The van der Waals surface area contributed by atoms with E-state index in [0.717, 1.165) is 22.5 Å². The van der Waals surface area contributed by atoms with Crippen molar-refractivity contribution in [1.29, 1.82) is 0 Å². The highest BCUT2D eigenvalue weighted by atomic mass is 16.5. The van der Waals surface area contributed by atoms with Crippen LogP contribution in [0.4, 0.5) is 0 Å². The second-order valence-electron chi connectivity index (χ2n) is 5.91. The molecule has 3 nitrogen and oxygen atoms in total. The number of ether oxygens (including phenoxy) is 1. The summed E-state index contributed by atoms with van der Waals surface area (Å²) in [5.74, 6) is 0.870. The molecule has 0 unspecified atom stereocenters. The molecule has 0 fully saturated rings. The molecule has 0 aliphatic carbocycles. The Bertz CT molecular complexity index is 1010. The summed E-state index contributed by atoms with van der Waals surface area (Å²) in [6.45, 7) is 4.18. The number of fused-ring (bicyclic) bond motifs is 3. The van der Waals surface area contributed by atoms with Gasteiger partial charge in [0.25, 0.3) is 0 Å². The van der Waals surface area contributed by atoms with E-state index in [9.17, 15) is 0 Å². The Balaban J connectivity index is 2.05. The van der Waals surface area contributed by atoms with Crippen LogP contribution in [0.1, 0.15) is 11.3 Å². The average Bonchev–Trinajstić information content (AvgIpc) is 2.94. The van der Waals surface area contributed by atoms with Gasteiger partial charge in [-0.2, -0.15) is 0 Å². The minimum atomic E-state index is 0.870. The lowest BCUT2D eigenvalue weighted by Crippen LogP contribution is -1.85. The third-order valence-corrected chi connectivity index (χ3v) is 4.36. The number of rotatable bonds is 2. The SMILES string of the molecule is COc1ccc(-c2cc(C)cc3c2[nH]c2c(C)nccc23)cc1. The van der Waals surface area contributed by atoms with Crippen molar-refractivity contribution in [2.24, 2.45) is 0 Å². The number of methoxy groups -OCH3 is 1. The van der Waals surface area contributed by atoms with E-state index in [2.05, 4.69) is 47.2 Å². The maximum absolute atomic E-state index is 5.26. The molecule has 4 rings (SSSR count). The van der Waals surface area contributed by atoms with E-state index in [-0.39, 0.29) is 0 Å². The van der Waals surface area contributed by atoms with Crippen LogP contribution < -0.4 is 4.74 Å². The summed E-state index contributed by atoms with van der Waals surface area (Å²) < 4.78 is 5.26. The van der Waals surface area contributed by atoms with Crippen LogP contribution in [0.25, 0.3) is 32.9 Å². The Morgan fingerprint density at radius 1 is 0.913 bits per heavy atom. The molecule has 0 radical (unpaired) electrons. The van der Waals surface area contributed by atoms with Crippen LogP contribution in [0.5, 0.6) is 5.75 Å². The molecule has 0 bridgehead atoms. The number of H-pyrrole nitrogens is 1. The topological polar surface area (TPSA) is 37.9 Å². The zero-order valence-corrected chi connectivity index (χ0v) is 13.5. The molecule has 0 aliphatic heterocycles. The Morgan fingerprint density at radius 3 is 2.43 bits per heavy atom. The van der Waals surface area contributed by atoms with Crippen LogP contribution >= 0.6 is 0 Å². The van der Waals surface area contributed by atoms with Crippen molar-refractivity contribution in [3.05, 3.63) is 59.9 Å². The van der Waals surface area contributed by atoms with E-state index in [1.807, 2.05) is 25.3 Å². The molecule has 114 valence electrons. The molecule has 2 aromatic heterocycles. The van der Waals surface area contributed by atoms with Gasteiger partial charge in [-0.25, -0.2) is 0 Å². The number of aromatic nitrogens is 2. The van der Waals surface area contributed by atoms with Gasteiger partial charge < -0.3 is 9.72 Å². The molecule has 4 aromatic rings. The molecule has 0 spiro atoms. The lowest BCUT2D eigenvalue weighted by atomic mass is 9.99. The number of hydrogen-bond donors (Lipinski definition) is 1. The molecular weight excluding hydrogens is 284 g/mol. The Labute approximate surface area is 134 Å². The smallest absolute Gasteiger partial charge is 0.118 e. The van der Waals surface area contributed by atoms with Crippen molar-refractivity contribution in [3.63, 3.8) is 0 Å². The average molecular weight is 302 g/mol. The second-order valence-corrected chi connectivity index (χ2v) is 5.91. The number of nitrogens with zero attached hydrogens (tertiary/aromatic N) is 1. The Kier molecular flexibility index (Phi) is 3.08. The monoisotopic (exact) mass is 302 g/mol. The van der Waals surface area contributed by atoms with Crippen LogP contribution in [0.2, 0.25) is 0 Å². The Morgan fingerprint density at radius 2 is 1.70 bits per heavy atom. The number of hydrogen-bond acceptors (Lipinski definition) is 2. The fourth-order valence-electron chi connectivity index (χ4n) is 3.21. The molecule has 1 N–H and O–H groups in total. The maximum Gasteiger partial charge on any atom is 0.118 e. The molecule has 3 heteroatoms. The summed E-state index contributed by atoms with van der Waals surface area (Å²) in [7, 11) is 1.69. The van der Waals surface area contributed by atoms with Crippen LogP contribution in [-0.2, 0) is 0 Å². The summed E-state index contributed by atoms with van der Waals surface area (Å²) >= 11 is 0. The van der Waals surface area contributed by atoms with Crippen molar-refractivity contribution in [1.82, 2.24) is 9.97 Å². The number of aromatic amines is 1. The van der Waals surface area contributed by atoms with E-state index in [1.165, 1.54) is 27.5 Å². The van der Waals surface area contributed by atoms with Gasteiger partial charge >= 0.3 is 0 Å². The fourth-order valence-corrected chi connectivity index (χ4v) is 3.21. The van der Waals surface area contributed by atoms with Crippen molar-refractivity contribution < 1.29 is 4.74 Å². The summed E-state index contributed by atoms with van der Waals surface area (Å²) in [4.78, 5) is 7.98. The van der Waals surface area contributed by atoms with Crippen molar-refractivity contribution in [3.8, 4) is 16.9 Å². The highest BCUT2D eigenvalue weighted by Crippen LogP contribution is 2.35. The first-order chi connectivity index (χ1) is 11.2. The van der Waals surface area contributed by atoms with Crippen LogP contribution in [-0.4, -0.2) is 17.1 Å². The lowest BCUT2D eigenvalue weighted by molar-refractivity contribution is 0.415. The molecule has 0 saturated heterocycles. The molecule has 0 saturated carbocycles. The summed E-state index contributed by atoms with van der Waals surface area (Å²) in [6.07, 6.45) is 1.88. The molecule has 0 amide bonds. The van der Waals surface area contributed by atoms with Gasteiger partial charge in [0.2, 0.25) is 0 Å². The predicted octanol–water partition coefficient (Wildman–Crippen LogP) is 5.01. The van der Waals surface area contributed by atoms with Gasteiger partial charge in [-0.1, -0.05) is 12.1 Å². The van der Waals surface area contributed by atoms with Crippen molar-refractivity contribution >= 4 is 21.8 Å². The minimum absolute atomic E-state index is 0.870. The summed E-state index contributed by atoms with van der Waals surface area (Å²) in [5.41, 5.74) is 6.93. The zero-order valence-electron chi connectivity index (χ0n) is 13.5. The molecule has 23 heavy (non-hydrogen) atoms. The second kappa shape index (κ2) is 5.13. The minimum Gasteiger partial charge on any atom is -0.497 e. The van der Waals surface area contributed by atoms with Gasteiger partial charge in [-0.3, -0.25) is 4.98 Å². The van der Waals surface area contributed by atoms with E-state index in [1.54, 1.807) is 7.11 Å². The number of aryl methyl sites for hydroxylation is 2. The van der Waals surface area contributed by atoms with Crippen molar-refractivity contribution in [2.45, 2.75) is 13.8 Å². The van der Waals surface area contributed by atoms with Gasteiger partial charge in [-0.05, 0) is 55.3 Å². The van der Waals surface area contributed by atoms with Gasteiger partial charge in [0.05, 0.1) is 23.8 Å². The quantitative estimate of drug-likeness (QED) is 0.565. The number of pyridine rings is 1. The largest absolute Gasteiger partial charge is 0.497 e. The van der Waals surface area contributed by atoms with Gasteiger partial charge in [-0.15, -0.1) is 0 Å². The predicted molar refractivity (Wildman–Crippen MR) is 95.1 cm³/mol. The third kappa shape index (κ3) is 2.16. The number of nitrogens with one attached hydrogen (secondary N) is 1. The first-order valence-corrected chi connectivity index (χ1v) is 7.69. The summed E-state index contributed by atoms with van der Waals surface area (Å²) in [5, 5.41) is 2.47. The van der Waals surface area contributed by atoms with Gasteiger partial charge in [0.1, 0.15) is 5.75 Å². The van der Waals surface area contributed by atoms with Gasteiger partial charge in [0.15, 0.2) is 0 Å². The normalized spacial score (nSPS) is 11.3. The lowest BCUT2D eigenvalue weighted by Gasteiger charge is -2.07. The van der Waals surface area contributed by atoms with Crippen LogP contribution in [0.15, 0.2) is 48.7 Å². The van der Waals surface area contributed by atoms with Gasteiger partial charge in [0, 0.05) is 22.5 Å². The highest BCUT2D eigenvalue weighted by Gasteiger charge is 2.12. The van der Waals surface area contributed by atoms with E-state index in [4.69, 9.17) is 4.74 Å². The first-order valence-electron chi connectivity index (χ1n) is 7.69. The molecule has 2 heterocycles. The molecule has 0 aliphatic rings. The standard InChI is InChI=1S/C20H18N2O/c1-12-10-17(14-4-6-15(23-3)7-5-14)20-18(11-12)16-8-9-21-13(2)19(16)22-20/h4-11,22H,1-3H3. The van der Waals surface area contributed by atoms with E-state index >= 15 is 0 Å². The molecule has 0 atom stereocenters. The number of benzene rings is 2. The molecular formula is C20H18N2O. The molecule has 2 aromatic carbocycles. The third-order valence-electron chi connectivity index (χ3n) is 4.36. The zero-order chi connectivity index (χ0) is 16.0.